The molecule has 2 unspecified atom stereocenters. The molecule has 0 spiro atoms. The fourth-order valence-electron chi connectivity index (χ4n) is 2.97. The number of benzene rings is 1. The lowest BCUT2D eigenvalue weighted by Gasteiger charge is -2.35. The van der Waals surface area contributed by atoms with Gasteiger partial charge in [-0.3, -0.25) is 0 Å². The van der Waals surface area contributed by atoms with Crippen LogP contribution < -0.4 is 9.64 Å². The number of hydrogen-bond acceptors (Lipinski definition) is 5. The molecule has 2 aliphatic rings. The quantitative estimate of drug-likeness (QED) is 0.820. The molecule has 122 valence electrons. The van der Waals surface area contributed by atoms with Crippen molar-refractivity contribution in [1.29, 1.82) is 0 Å². The predicted molar refractivity (Wildman–Crippen MR) is 84.0 cm³/mol. The smallest absolute Gasteiger partial charge is 0.243 e. The Labute approximate surface area is 131 Å². The molecule has 2 aliphatic heterocycles. The van der Waals surface area contributed by atoms with Crippen molar-refractivity contribution in [1.82, 2.24) is 4.31 Å². The van der Waals surface area contributed by atoms with Crippen LogP contribution in [-0.2, 0) is 14.8 Å². The van der Waals surface area contributed by atoms with Gasteiger partial charge in [0.15, 0.2) is 0 Å². The minimum Gasteiger partial charge on any atom is -0.490 e. The molecule has 1 aromatic rings. The molecule has 0 saturated carbocycles. The van der Waals surface area contributed by atoms with Crippen molar-refractivity contribution in [2.75, 3.05) is 38.2 Å². The molecule has 2 heterocycles. The summed E-state index contributed by atoms with van der Waals surface area (Å²) in [6.07, 6.45) is -0.190. The second-order valence-electron chi connectivity index (χ2n) is 5.98. The van der Waals surface area contributed by atoms with Gasteiger partial charge in [0.25, 0.3) is 0 Å². The van der Waals surface area contributed by atoms with Gasteiger partial charge in [-0.15, -0.1) is 0 Å². The van der Waals surface area contributed by atoms with Crippen molar-refractivity contribution in [2.24, 2.45) is 0 Å². The maximum Gasteiger partial charge on any atom is 0.243 e. The zero-order chi connectivity index (χ0) is 15.9. The van der Waals surface area contributed by atoms with Crippen LogP contribution in [0.3, 0.4) is 0 Å². The highest BCUT2D eigenvalue weighted by Crippen LogP contribution is 2.34. The standard InChI is InChI=1S/C15H22N2O4S/c1-11-9-17(10-12(2)21-11)22(18,19)13-4-5-15-14(8-13)16(3)6-7-20-15/h4-5,8,11-12H,6-7,9-10H2,1-3H3. The Morgan fingerprint density at radius 3 is 2.55 bits per heavy atom. The van der Waals surface area contributed by atoms with Crippen molar-refractivity contribution in [3.05, 3.63) is 18.2 Å². The summed E-state index contributed by atoms with van der Waals surface area (Å²) in [5, 5.41) is 0. The monoisotopic (exact) mass is 326 g/mol. The molecule has 1 saturated heterocycles. The Hall–Kier alpha value is -1.31. The van der Waals surface area contributed by atoms with Gasteiger partial charge in [0, 0.05) is 20.1 Å². The van der Waals surface area contributed by atoms with Crippen molar-refractivity contribution >= 4 is 15.7 Å². The van der Waals surface area contributed by atoms with Crippen molar-refractivity contribution < 1.29 is 17.9 Å². The van der Waals surface area contributed by atoms with E-state index in [0.29, 0.717) is 24.6 Å². The number of sulfonamides is 1. The Bertz CT molecular complexity index is 652. The summed E-state index contributed by atoms with van der Waals surface area (Å²) in [7, 11) is -1.57. The summed E-state index contributed by atoms with van der Waals surface area (Å²) in [4.78, 5) is 2.33. The maximum absolute atomic E-state index is 12.9. The van der Waals surface area contributed by atoms with Gasteiger partial charge in [-0.25, -0.2) is 8.42 Å². The van der Waals surface area contributed by atoms with E-state index in [2.05, 4.69) is 0 Å². The molecule has 1 fully saturated rings. The molecule has 0 amide bonds. The minimum absolute atomic E-state index is 0.0952. The molecule has 1 aromatic carbocycles. The average Bonchev–Trinajstić information content (AvgIpc) is 2.46. The average molecular weight is 326 g/mol. The van der Waals surface area contributed by atoms with E-state index in [9.17, 15) is 8.42 Å². The third-order valence-electron chi connectivity index (χ3n) is 4.05. The molecule has 0 radical (unpaired) electrons. The third kappa shape index (κ3) is 2.80. The highest BCUT2D eigenvalue weighted by Gasteiger charge is 2.33. The number of likely N-dealkylation sites (N-methyl/N-ethyl adjacent to an activating group) is 1. The fourth-order valence-corrected chi connectivity index (χ4v) is 4.58. The Morgan fingerprint density at radius 2 is 1.86 bits per heavy atom. The normalized spacial score (nSPS) is 26.4. The van der Waals surface area contributed by atoms with Gasteiger partial charge in [-0.2, -0.15) is 4.31 Å². The summed E-state index contributed by atoms with van der Waals surface area (Å²) in [6, 6.07) is 5.07. The van der Waals surface area contributed by atoms with Crippen LogP contribution in [0, 0.1) is 0 Å². The number of fused-ring (bicyclic) bond motifs is 1. The summed E-state index contributed by atoms with van der Waals surface area (Å²) >= 11 is 0. The molecular formula is C15H22N2O4S. The summed E-state index contributed by atoms with van der Waals surface area (Å²) in [5.41, 5.74) is 0.821. The van der Waals surface area contributed by atoms with Gasteiger partial charge in [0.1, 0.15) is 12.4 Å². The summed E-state index contributed by atoms with van der Waals surface area (Å²) in [5.74, 6) is 0.733. The van der Waals surface area contributed by atoms with Crippen molar-refractivity contribution in [2.45, 2.75) is 31.0 Å². The zero-order valence-corrected chi connectivity index (χ0v) is 14.0. The van der Waals surface area contributed by atoms with Gasteiger partial charge in [0.2, 0.25) is 10.0 Å². The molecular weight excluding hydrogens is 304 g/mol. The topological polar surface area (TPSA) is 59.1 Å². The van der Waals surface area contributed by atoms with E-state index in [-0.39, 0.29) is 12.2 Å². The second kappa shape index (κ2) is 5.72. The van der Waals surface area contributed by atoms with E-state index >= 15 is 0 Å². The molecule has 2 atom stereocenters. The SMILES string of the molecule is CC1CN(S(=O)(=O)c2ccc3c(c2)N(C)CCO3)CC(C)O1. The van der Waals surface area contributed by atoms with Gasteiger partial charge in [0.05, 0.1) is 29.3 Å². The summed E-state index contributed by atoms with van der Waals surface area (Å²) < 4.78 is 38.5. The lowest BCUT2D eigenvalue weighted by Crippen LogP contribution is -2.48. The number of rotatable bonds is 2. The lowest BCUT2D eigenvalue weighted by atomic mass is 10.2. The Balaban J connectivity index is 1.94. The van der Waals surface area contributed by atoms with Gasteiger partial charge < -0.3 is 14.4 Å². The first-order chi connectivity index (χ1) is 10.4. The fraction of sp³-hybridized carbons (Fsp3) is 0.600. The molecule has 0 aliphatic carbocycles. The van der Waals surface area contributed by atoms with Crippen LogP contribution >= 0.6 is 0 Å². The molecule has 6 nitrogen and oxygen atoms in total. The van der Waals surface area contributed by atoms with Crippen LogP contribution in [0.25, 0.3) is 0 Å². The molecule has 22 heavy (non-hydrogen) atoms. The second-order valence-corrected chi connectivity index (χ2v) is 7.92. The first-order valence-electron chi connectivity index (χ1n) is 7.51. The summed E-state index contributed by atoms with van der Waals surface area (Å²) in [6.45, 7) is 5.93. The molecule has 0 bridgehead atoms. The maximum atomic E-state index is 12.9. The van der Waals surface area contributed by atoms with Crippen LogP contribution in [0.2, 0.25) is 0 Å². The predicted octanol–water partition coefficient (Wildman–Crippen LogP) is 1.31. The lowest BCUT2D eigenvalue weighted by molar-refractivity contribution is -0.0440. The Morgan fingerprint density at radius 1 is 1.18 bits per heavy atom. The number of hydrogen-bond donors (Lipinski definition) is 0. The van der Waals surface area contributed by atoms with Crippen LogP contribution in [-0.4, -0.2) is 58.2 Å². The van der Waals surface area contributed by atoms with Crippen LogP contribution in [0.15, 0.2) is 23.1 Å². The van der Waals surface area contributed by atoms with Gasteiger partial charge in [-0.05, 0) is 32.0 Å². The van der Waals surface area contributed by atoms with Crippen molar-refractivity contribution in [3.63, 3.8) is 0 Å². The third-order valence-corrected chi connectivity index (χ3v) is 5.88. The first kappa shape index (κ1) is 15.6. The molecule has 0 aromatic heterocycles. The van der Waals surface area contributed by atoms with Crippen LogP contribution in [0.4, 0.5) is 5.69 Å². The first-order valence-corrected chi connectivity index (χ1v) is 8.95. The zero-order valence-electron chi connectivity index (χ0n) is 13.2. The van der Waals surface area contributed by atoms with Crippen LogP contribution in [0.1, 0.15) is 13.8 Å². The number of nitrogens with zero attached hydrogens (tertiary/aromatic N) is 2. The van der Waals surface area contributed by atoms with Gasteiger partial charge in [-0.1, -0.05) is 0 Å². The molecule has 3 rings (SSSR count). The van der Waals surface area contributed by atoms with E-state index in [1.54, 1.807) is 18.2 Å². The van der Waals surface area contributed by atoms with E-state index in [0.717, 1.165) is 18.0 Å². The number of morpholine rings is 1. The Kier molecular flexibility index (Phi) is 4.05. The van der Waals surface area contributed by atoms with E-state index in [4.69, 9.17) is 9.47 Å². The molecule has 7 heteroatoms. The number of ether oxygens (including phenoxy) is 2. The molecule has 0 N–H and O–H groups in total. The highest BCUT2D eigenvalue weighted by molar-refractivity contribution is 7.89. The number of anilines is 1. The largest absolute Gasteiger partial charge is 0.490 e. The van der Waals surface area contributed by atoms with Gasteiger partial charge >= 0.3 is 0 Å². The van der Waals surface area contributed by atoms with E-state index in [1.165, 1.54) is 4.31 Å². The van der Waals surface area contributed by atoms with E-state index in [1.807, 2.05) is 25.8 Å². The van der Waals surface area contributed by atoms with E-state index < -0.39 is 10.0 Å². The van der Waals surface area contributed by atoms with Crippen LogP contribution in [0.5, 0.6) is 5.75 Å². The highest BCUT2D eigenvalue weighted by atomic mass is 32.2. The minimum atomic E-state index is -3.51. The van der Waals surface area contributed by atoms with Crippen molar-refractivity contribution in [3.8, 4) is 5.75 Å².